The predicted molar refractivity (Wildman–Crippen MR) is 61.9 cm³/mol. The largest absolute Gasteiger partial charge is 0.417 e. The predicted octanol–water partition coefficient (Wildman–Crippen LogP) is 2.78. The summed E-state index contributed by atoms with van der Waals surface area (Å²) >= 11 is 0. The maximum absolute atomic E-state index is 9.17. The molecule has 1 aliphatic carbocycles. The van der Waals surface area contributed by atoms with Crippen molar-refractivity contribution < 1.29 is 9.53 Å². The summed E-state index contributed by atoms with van der Waals surface area (Å²) in [7, 11) is -1.55. The second-order valence-electron chi connectivity index (χ2n) is 5.96. The second kappa shape index (κ2) is 3.95. The van der Waals surface area contributed by atoms with Crippen LogP contribution in [0, 0.1) is 5.92 Å². The zero-order chi connectivity index (χ0) is 11.0. The van der Waals surface area contributed by atoms with E-state index in [-0.39, 0.29) is 6.10 Å². The first-order valence-corrected chi connectivity index (χ1v) is 8.47. The van der Waals surface area contributed by atoms with E-state index in [0.29, 0.717) is 11.0 Å². The van der Waals surface area contributed by atoms with Gasteiger partial charge in [0, 0.05) is 6.61 Å². The highest BCUT2D eigenvalue weighted by Crippen LogP contribution is 2.38. The molecule has 2 unspecified atom stereocenters. The Hall–Kier alpha value is 0.137. The third kappa shape index (κ3) is 3.07. The smallest absolute Gasteiger partial charge is 0.191 e. The Morgan fingerprint density at radius 1 is 1.36 bits per heavy atom. The number of aliphatic hydroxyl groups is 1. The lowest BCUT2D eigenvalue weighted by Gasteiger charge is -2.36. The van der Waals surface area contributed by atoms with Crippen molar-refractivity contribution in [2.45, 2.75) is 57.8 Å². The minimum atomic E-state index is -1.55. The van der Waals surface area contributed by atoms with Crippen molar-refractivity contribution >= 4 is 8.32 Å². The van der Waals surface area contributed by atoms with E-state index in [0.717, 1.165) is 19.4 Å². The lowest BCUT2D eigenvalue weighted by Crippen LogP contribution is -2.41. The van der Waals surface area contributed by atoms with E-state index >= 15 is 0 Å². The fraction of sp³-hybridized carbons (Fsp3) is 1.00. The van der Waals surface area contributed by atoms with Crippen LogP contribution >= 0.6 is 0 Å². The maximum atomic E-state index is 9.17. The van der Waals surface area contributed by atoms with Gasteiger partial charge in [0.15, 0.2) is 8.32 Å². The molecule has 0 bridgehead atoms. The number of hydrogen-bond acceptors (Lipinski definition) is 2. The summed E-state index contributed by atoms with van der Waals surface area (Å²) in [6.07, 6.45) is 1.99. The number of aliphatic hydroxyl groups excluding tert-OH is 1. The first-order valence-electron chi connectivity index (χ1n) is 5.56. The molecule has 0 aliphatic heterocycles. The highest BCUT2D eigenvalue weighted by Gasteiger charge is 2.39. The van der Waals surface area contributed by atoms with Crippen molar-refractivity contribution in [3.05, 3.63) is 0 Å². The maximum Gasteiger partial charge on any atom is 0.191 e. The molecule has 0 aromatic rings. The van der Waals surface area contributed by atoms with Crippen LogP contribution < -0.4 is 0 Å². The third-order valence-corrected chi connectivity index (χ3v) is 8.18. The van der Waals surface area contributed by atoms with Crippen LogP contribution in [-0.4, -0.2) is 26.1 Å². The van der Waals surface area contributed by atoms with E-state index < -0.39 is 8.32 Å². The average molecular weight is 216 g/mol. The molecule has 0 aromatic carbocycles. The topological polar surface area (TPSA) is 29.5 Å². The van der Waals surface area contributed by atoms with Crippen molar-refractivity contribution in [2.75, 3.05) is 6.61 Å². The monoisotopic (exact) mass is 216 g/mol. The first-order chi connectivity index (χ1) is 6.24. The molecule has 0 amide bonds. The molecule has 2 atom stereocenters. The van der Waals surface area contributed by atoms with Crippen molar-refractivity contribution in [3.63, 3.8) is 0 Å². The molecule has 2 nitrogen and oxygen atoms in total. The van der Waals surface area contributed by atoms with Gasteiger partial charge in [0.1, 0.15) is 0 Å². The summed E-state index contributed by atoms with van der Waals surface area (Å²) in [4.78, 5) is 0. The molecule has 0 saturated heterocycles. The Balaban J connectivity index is 2.22. The SMILES string of the molecule is CC(C)(C)[Si](C)(C)OCCC1CC1O. The van der Waals surface area contributed by atoms with Crippen LogP contribution in [0.2, 0.25) is 18.1 Å². The van der Waals surface area contributed by atoms with Crippen molar-refractivity contribution in [1.29, 1.82) is 0 Å². The van der Waals surface area contributed by atoms with Gasteiger partial charge in [-0.2, -0.15) is 0 Å². The molecule has 1 aliphatic rings. The standard InChI is InChI=1S/C11H24O2Si/c1-11(2,3)14(4,5)13-7-6-9-8-10(9)12/h9-10,12H,6-8H2,1-5H3. The highest BCUT2D eigenvalue weighted by atomic mass is 28.4. The van der Waals surface area contributed by atoms with Crippen LogP contribution in [0.5, 0.6) is 0 Å². The molecule has 3 heteroatoms. The molecule has 0 radical (unpaired) electrons. The molecule has 0 aromatic heterocycles. The molecule has 1 rings (SSSR count). The van der Waals surface area contributed by atoms with Gasteiger partial charge >= 0.3 is 0 Å². The Kier molecular flexibility index (Phi) is 3.44. The van der Waals surface area contributed by atoms with Crippen LogP contribution in [0.3, 0.4) is 0 Å². The van der Waals surface area contributed by atoms with Crippen molar-refractivity contribution in [1.82, 2.24) is 0 Å². The van der Waals surface area contributed by atoms with Crippen LogP contribution in [0.25, 0.3) is 0 Å². The van der Waals surface area contributed by atoms with E-state index in [9.17, 15) is 5.11 Å². The Morgan fingerprint density at radius 3 is 2.21 bits per heavy atom. The Bertz CT molecular complexity index is 196. The third-order valence-electron chi connectivity index (χ3n) is 3.64. The van der Waals surface area contributed by atoms with Crippen molar-refractivity contribution in [2.24, 2.45) is 5.92 Å². The number of rotatable bonds is 4. The van der Waals surface area contributed by atoms with Crippen LogP contribution in [0.15, 0.2) is 0 Å². The van der Waals surface area contributed by atoms with Gasteiger partial charge in [-0.1, -0.05) is 20.8 Å². The molecule has 1 fully saturated rings. The van der Waals surface area contributed by atoms with Crippen LogP contribution in [0.1, 0.15) is 33.6 Å². The molecule has 1 saturated carbocycles. The molecule has 84 valence electrons. The average Bonchev–Trinajstić information content (AvgIpc) is 2.63. The van der Waals surface area contributed by atoms with Gasteiger partial charge in [-0.3, -0.25) is 0 Å². The fourth-order valence-corrected chi connectivity index (χ4v) is 2.28. The number of hydrogen-bond donors (Lipinski definition) is 1. The highest BCUT2D eigenvalue weighted by molar-refractivity contribution is 6.74. The van der Waals surface area contributed by atoms with E-state index in [1.54, 1.807) is 0 Å². The lowest BCUT2D eigenvalue weighted by molar-refractivity contribution is 0.231. The van der Waals surface area contributed by atoms with Gasteiger partial charge in [0.05, 0.1) is 6.10 Å². The van der Waals surface area contributed by atoms with Gasteiger partial charge < -0.3 is 9.53 Å². The van der Waals surface area contributed by atoms with Gasteiger partial charge in [-0.05, 0) is 36.9 Å². The van der Waals surface area contributed by atoms with E-state index in [1.165, 1.54) is 0 Å². The van der Waals surface area contributed by atoms with Crippen LogP contribution in [0.4, 0.5) is 0 Å². The molecular weight excluding hydrogens is 192 g/mol. The second-order valence-corrected chi connectivity index (χ2v) is 10.8. The molecule has 0 heterocycles. The fourth-order valence-electron chi connectivity index (χ4n) is 1.22. The minimum Gasteiger partial charge on any atom is -0.417 e. The molecule has 14 heavy (non-hydrogen) atoms. The van der Waals surface area contributed by atoms with E-state index in [2.05, 4.69) is 33.9 Å². The first kappa shape index (κ1) is 12.2. The molecular formula is C11H24O2Si. The normalized spacial score (nSPS) is 27.9. The minimum absolute atomic E-state index is 0.0296. The van der Waals surface area contributed by atoms with E-state index in [4.69, 9.17) is 4.43 Å². The van der Waals surface area contributed by atoms with Crippen LogP contribution in [-0.2, 0) is 4.43 Å². The zero-order valence-electron chi connectivity index (χ0n) is 10.1. The summed E-state index contributed by atoms with van der Waals surface area (Å²) in [5, 5.41) is 9.47. The summed E-state index contributed by atoms with van der Waals surface area (Å²) in [6, 6.07) is 0. The Labute approximate surface area is 88.8 Å². The lowest BCUT2D eigenvalue weighted by atomic mass is 10.2. The summed E-state index contributed by atoms with van der Waals surface area (Å²) in [6.45, 7) is 12.1. The molecule has 1 N–H and O–H groups in total. The van der Waals surface area contributed by atoms with Gasteiger partial charge in [0.25, 0.3) is 0 Å². The zero-order valence-corrected chi connectivity index (χ0v) is 11.1. The van der Waals surface area contributed by atoms with E-state index in [1.807, 2.05) is 0 Å². The van der Waals surface area contributed by atoms with Crippen molar-refractivity contribution in [3.8, 4) is 0 Å². The summed E-state index contributed by atoms with van der Waals surface area (Å²) < 4.78 is 6.02. The Morgan fingerprint density at radius 2 is 1.86 bits per heavy atom. The van der Waals surface area contributed by atoms with Gasteiger partial charge in [-0.15, -0.1) is 0 Å². The van der Waals surface area contributed by atoms with Gasteiger partial charge in [-0.25, -0.2) is 0 Å². The summed E-state index contributed by atoms with van der Waals surface area (Å²) in [5.41, 5.74) is 0. The van der Waals surface area contributed by atoms with Gasteiger partial charge in [0.2, 0.25) is 0 Å². The quantitative estimate of drug-likeness (QED) is 0.732. The molecule has 0 spiro atoms. The summed E-state index contributed by atoms with van der Waals surface area (Å²) in [5.74, 6) is 0.528.